The van der Waals surface area contributed by atoms with Gasteiger partial charge in [-0.3, -0.25) is 4.79 Å². The summed E-state index contributed by atoms with van der Waals surface area (Å²) < 4.78 is 0. The van der Waals surface area contributed by atoms with Gasteiger partial charge in [-0.2, -0.15) is 0 Å². The number of nitrogens with one attached hydrogen (secondary N) is 1. The molecule has 88 valence electrons. The Morgan fingerprint density at radius 2 is 2.19 bits per heavy atom. The Labute approximate surface area is 95.7 Å². The summed E-state index contributed by atoms with van der Waals surface area (Å²) in [7, 11) is 3.92. The third-order valence-electron chi connectivity index (χ3n) is 2.08. The molecule has 3 N–H and O–H groups in total. The normalized spacial score (nSPS) is 10.5. The number of amides is 1. The molecule has 1 amide bonds. The molecule has 1 aromatic heterocycles. The number of nitrogens with zero attached hydrogens (tertiary/aromatic N) is 2. The van der Waals surface area contributed by atoms with E-state index < -0.39 is 0 Å². The molecule has 0 aliphatic heterocycles. The van der Waals surface area contributed by atoms with Crippen molar-refractivity contribution in [3.05, 3.63) is 23.4 Å². The molecule has 0 aromatic carbocycles. The summed E-state index contributed by atoms with van der Waals surface area (Å²) in [5.74, 6) is 0.261. The summed E-state index contributed by atoms with van der Waals surface area (Å²) in [4.78, 5) is 17.7. The smallest absolute Gasteiger partial charge is 0.251 e. The molecule has 0 bridgehead atoms. The third kappa shape index (κ3) is 3.86. The summed E-state index contributed by atoms with van der Waals surface area (Å²) in [6.45, 7) is 3.24. The molecule has 0 atom stereocenters. The molecule has 0 radical (unpaired) electrons. The number of likely N-dealkylation sites (N-methyl/N-ethyl adjacent to an activating group) is 1. The monoisotopic (exact) mass is 222 g/mol. The van der Waals surface area contributed by atoms with E-state index in [1.807, 2.05) is 25.9 Å². The minimum Gasteiger partial charge on any atom is -0.384 e. The highest BCUT2D eigenvalue weighted by molar-refractivity contribution is 5.94. The largest absolute Gasteiger partial charge is 0.384 e. The Kier molecular flexibility index (Phi) is 4.25. The SMILES string of the molecule is Cc1cc(C(=O)NCCN(C)C)cc(N)n1. The highest BCUT2D eigenvalue weighted by atomic mass is 16.1. The Hall–Kier alpha value is -1.62. The number of nitrogens with two attached hydrogens (primary N) is 1. The maximum Gasteiger partial charge on any atom is 0.251 e. The zero-order chi connectivity index (χ0) is 12.1. The number of carbonyl (C=O) groups excluding carboxylic acids is 1. The van der Waals surface area contributed by atoms with E-state index in [0.717, 1.165) is 12.2 Å². The molecule has 0 aliphatic rings. The number of aromatic nitrogens is 1. The number of nitrogen functional groups attached to an aromatic ring is 1. The van der Waals surface area contributed by atoms with Gasteiger partial charge in [0.1, 0.15) is 5.82 Å². The fourth-order valence-electron chi connectivity index (χ4n) is 1.32. The van der Waals surface area contributed by atoms with Crippen molar-refractivity contribution in [2.75, 3.05) is 32.9 Å². The minimum absolute atomic E-state index is 0.112. The van der Waals surface area contributed by atoms with E-state index in [-0.39, 0.29) is 5.91 Å². The van der Waals surface area contributed by atoms with E-state index in [9.17, 15) is 4.79 Å². The molecule has 0 spiro atoms. The van der Waals surface area contributed by atoms with Gasteiger partial charge in [-0.05, 0) is 33.2 Å². The van der Waals surface area contributed by atoms with E-state index >= 15 is 0 Å². The zero-order valence-corrected chi connectivity index (χ0v) is 9.95. The first-order chi connectivity index (χ1) is 7.49. The van der Waals surface area contributed by atoms with E-state index in [0.29, 0.717) is 17.9 Å². The van der Waals surface area contributed by atoms with Gasteiger partial charge in [-0.1, -0.05) is 0 Å². The van der Waals surface area contributed by atoms with Crippen LogP contribution < -0.4 is 11.1 Å². The number of aryl methyl sites for hydroxylation is 1. The van der Waals surface area contributed by atoms with Crippen molar-refractivity contribution in [3.63, 3.8) is 0 Å². The highest BCUT2D eigenvalue weighted by Gasteiger charge is 2.06. The van der Waals surface area contributed by atoms with Crippen molar-refractivity contribution in [2.45, 2.75) is 6.92 Å². The van der Waals surface area contributed by atoms with E-state index in [1.54, 1.807) is 12.1 Å². The lowest BCUT2D eigenvalue weighted by Gasteiger charge is -2.10. The van der Waals surface area contributed by atoms with Crippen LogP contribution in [-0.2, 0) is 0 Å². The van der Waals surface area contributed by atoms with Gasteiger partial charge in [0.2, 0.25) is 0 Å². The van der Waals surface area contributed by atoms with Gasteiger partial charge in [-0.15, -0.1) is 0 Å². The molecular weight excluding hydrogens is 204 g/mol. The van der Waals surface area contributed by atoms with Gasteiger partial charge in [-0.25, -0.2) is 4.98 Å². The topological polar surface area (TPSA) is 71.2 Å². The quantitative estimate of drug-likeness (QED) is 0.766. The van der Waals surface area contributed by atoms with Crippen LogP contribution in [0.2, 0.25) is 0 Å². The Bertz CT molecular complexity index is 356. The Morgan fingerprint density at radius 3 is 2.75 bits per heavy atom. The van der Waals surface area contributed by atoms with Crippen LogP contribution in [0.5, 0.6) is 0 Å². The van der Waals surface area contributed by atoms with Crippen LogP contribution >= 0.6 is 0 Å². The second-order valence-electron chi connectivity index (χ2n) is 3.98. The molecule has 0 saturated carbocycles. The molecule has 1 heterocycles. The van der Waals surface area contributed by atoms with Gasteiger partial charge >= 0.3 is 0 Å². The summed E-state index contributed by atoms with van der Waals surface area (Å²) in [5, 5.41) is 2.82. The minimum atomic E-state index is -0.112. The van der Waals surface area contributed by atoms with Crippen LogP contribution in [-0.4, -0.2) is 43.0 Å². The first-order valence-electron chi connectivity index (χ1n) is 5.16. The number of rotatable bonds is 4. The van der Waals surface area contributed by atoms with Crippen molar-refractivity contribution in [3.8, 4) is 0 Å². The molecule has 0 saturated heterocycles. The van der Waals surface area contributed by atoms with Crippen molar-refractivity contribution in [2.24, 2.45) is 0 Å². The summed E-state index contributed by atoms with van der Waals surface area (Å²) >= 11 is 0. The molecule has 0 unspecified atom stereocenters. The molecule has 0 fully saturated rings. The molecule has 1 rings (SSSR count). The van der Waals surface area contributed by atoms with Crippen molar-refractivity contribution in [1.82, 2.24) is 15.2 Å². The molecule has 5 heteroatoms. The zero-order valence-electron chi connectivity index (χ0n) is 9.95. The number of carbonyl (C=O) groups is 1. The number of pyridine rings is 1. The van der Waals surface area contributed by atoms with E-state index in [4.69, 9.17) is 5.73 Å². The first-order valence-corrected chi connectivity index (χ1v) is 5.16. The third-order valence-corrected chi connectivity index (χ3v) is 2.08. The second-order valence-corrected chi connectivity index (χ2v) is 3.98. The summed E-state index contributed by atoms with van der Waals surface area (Å²) in [6.07, 6.45) is 0. The van der Waals surface area contributed by atoms with Gasteiger partial charge in [0, 0.05) is 24.3 Å². The number of anilines is 1. The lowest BCUT2D eigenvalue weighted by molar-refractivity contribution is 0.0951. The maximum atomic E-state index is 11.7. The van der Waals surface area contributed by atoms with Crippen LogP contribution in [0.25, 0.3) is 0 Å². The van der Waals surface area contributed by atoms with Crippen LogP contribution in [0, 0.1) is 6.92 Å². The summed E-state index contributed by atoms with van der Waals surface area (Å²) in [6, 6.07) is 3.30. The molecule has 16 heavy (non-hydrogen) atoms. The predicted molar refractivity (Wildman–Crippen MR) is 64.3 cm³/mol. The first kappa shape index (κ1) is 12.4. The molecule has 5 nitrogen and oxygen atoms in total. The highest BCUT2D eigenvalue weighted by Crippen LogP contribution is 2.06. The number of hydrogen-bond donors (Lipinski definition) is 2. The van der Waals surface area contributed by atoms with Gasteiger partial charge in [0.25, 0.3) is 5.91 Å². The number of hydrogen-bond acceptors (Lipinski definition) is 4. The second kappa shape index (κ2) is 5.46. The van der Waals surface area contributed by atoms with Crippen molar-refractivity contribution in [1.29, 1.82) is 0 Å². The molecular formula is C11H18N4O. The lowest BCUT2D eigenvalue weighted by Crippen LogP contribution is -2.31. The van der Waals surface area contributed by atoms with E-state index in [1.165, 1.54) is 0 Å². The van der Waals surface area contributed by atoms with E-state index in [2.05, 4.69) is 10.3 Å². The van der Waals surface area contributed by atoms with Gasteiger partial charge in [0.15, 0.2) is 0 Å². The maximum absolute atomic E-state index is 11.7. The average molecular weight is 222 g/mol. The fraction of sp³-hybridized carbons (Fsp3) is 0.455. The van der Waals surface area contributed by atoms with Crippen LogP contribution in [0.3, 0.4) is 0 Å². The van der Waals surface area contributed by atoms with Gasteiger partial charge in [0.05, 0.1) is 0 Å². The van der Waals surface area contributed by atoms with Gasteiger partial charge < -0.3 is 16.0 Å². The average Bonchev–Trinajstić information content (AvgIpc) is 2.15. The lowest BCUT2D eigenvalue weighted by atomic mass is 10.2. The predicted octanol–water partition coefficient (Wildman–Crippen LogP) is 0.264. The molecule has 0 aliphatic carbocycles. The fourth-order valence-corrected chi connectivity index (χ4v) is 1.32. The Balaban J connectivity index is 2.59. The van der Waals surface area contributed by atoms with Crippen LogP contribution in [0.4, 0.5) is 5.82 Å². The Morgan fingerprint density at radius 1 is 1.50 bits per heavy atom. The van der Waals surface area contributed by atoms with Crippen LogP contribution in [0.1, 0.15) is 16.1 Å². The standard InChI is InChI=1S/C11H18N4O/c1-8-6-9(7-10(12)14-8)11(16)13-4-5-15(2)3/h6-7H,4-5H2,1-3H3,(H2,12,14)(H,13,16). The van der Waals surface area contributed by atoms with Crippen molar-refractivity contribution < 1.29 is 4.79 Å². The summed E-state index contributed by atoms with van der Waals surface area (Å²) in [5.41, 5.74) is 6.88. The van der Waals surface area contributed by atoms with Crippen molar-refractivity contribution >= 4 is 11.7 Å². The van der Waals surface area contributed by atoms with Crippen LogP contribution in [0.15, 0.2) is 12.1 Å². The molecule has 1 aromatic rings.